The predicted molar refractivity (Wildman–Crippen MR) is 177 cm³/mol. The number of hydrogen-bond acceptors (Lipinski definition) is 10. The van der Waals surface area contributed by atoms with Crippen LogP contribution in [0.3, 0.4) is 0 Å². The summed E-state index contributed by atoms with van der Waals surface area (Å²) in [4.78, 5) is 50.7. The summed E-state index contributed by atoms with van der Waals surface area (Å²) in [6, 6.07) is 4.39. The summed E-state index contributed by atoms with van der Waals surface area (Å²) in [6.45, 7) is 0. The molecule has 12 heteroatoms. The van der Waals surface area contributed by atoms with Crippen molar-refractivity contribution in [2.24, 2.45) is 0 Å². The number of carbonyl (C=O) groups is 2. The minimum atomic E-state index is -1.07. The van der Waals surface area contributed by atoms with Crippen LogP contribution < -0.4 is 10.9 Å². The Balaban J connectivity index is 1.78. The van der Waals surface area contributed by atoms with E-state index in [1.165, 1.54) is 12.1 Å². The minimum Gasteiger partial charge on any atom is -0.507 e. The Hall–Kier alpha value is -6.30. The van der Waals surface area contributed by atoms with Crippen LogP contribution in [-0.4, -0.2) is 52.8 Å². The average Bonchev–Trinajstić information content (AvgIpc) is 2.99. The van der Waals surface area contributed by atoms with Gasteiger partial charge in [-0.3, -0.25) is 19.2 Å². The van der Waals surface area contributed by atoms with Crippen molar-refractivity contribution in [2.45, 2.75) is 38.5 Å². The first-order valence-electron chi connectivity index (χ1n) is 15.1. The lowest BCUT2D eigenvalue weighted by atomic mass is 9.77. The molecule has 0 saturated carbocycles. The molecule has 0 aromatic heterocycles. The van der Waals surface area contributed by atoms with Crippen LogP contribution in [0.15, 0.2) is 33.9 Å². The summed E-state index contributed by atoms with van der Waals surface area (Å²) in [6.07, 6.45) is -0.128. The third kappa shape index (κ3) is 3.53. The summed E-state index contributed by atoms with van der Waals surface area (Å²) in [5.41, 5.74) is -0.584. The molecule has 8 rings (SSSR count). The van der Waals surface area contributed by atoms with Crippen molar-refractivity contribution < 1.29 is 50.4 Å². The maximum atomic E-state index is 13.9. The highest BCUT2D eigenvalue weighted by atomic mass is 16.4. The van der Waals surface area contributed by atoms with Gasteiger partial charge in [-0.15, -0.1) is 0 Å². The fourth-order valence-corrected chi connectivity index (χ4v) is 8.01. The van der Waals surface area contributed by atoms with Gasteiger partial charge in [-0.1, -0.05) is 0 Å². The first-order valence-corrected chi connectivity index (χ1v) is 15.1. The van der Waals surface area contributed by atoms with E-state index in [0.717, 1.165) is 12.1 Å². The Labute approximate surface area is 266 Å². The molecule has 48 heavy (non-hydrogen) atoms. The maximum absolute atomic E-state index is 13.9. The second-order valence-corrected chi connectivity index (χ2v) is 12.3. The smallest absolute Gasteiger partial charge is 0.303 e. The zero-order valence-electron chi connectivity index (χ0n) is 24.8. The molecule has 0 aliphatic carbocycles. The SMILES string of the molecule is O=C(O)CCCc1cc(=O)c2c(O)c3c(O)cc(O)c4c5c(O)cc(O)c6c(O)c7c(=O)cc(CCCC(=O)O)c8c1c2c(c34)c(c65)c78. The Morgan fingerprint density at radius 3 is 1.08 bits per heavy atom. The van der Waals surface area contributed by atoms with E-state index in [0.29, 0.717) is 21.9 Å². The van der Waals surface area contributed by atoms with Gasteiger partial charge in [0.15, 0.2) is 10.9 Å². The second kappa shape index (κ2) is 9.61. The molecule has 0 aliphatic heterocycles. The molecule has 0 fully saturated rings. The van der Waals surface area contributed by atoms with Gasteiger partial charge in [0.25, 0.3) is 0 Å². The first-order chi connectivity index (χ1) is 22.8. The number of phenols is 6. The molecule has 0 unspecified atom stereocenters. The van der Waals surface area contributed by atoms with E-state index in [4.69, 9.17) is 0 Å². The van der Waals surface area contributed by atoms with Crippen LogP contribution >= 0.6 is 0 Å². The summed E-state index contributed by atoms with van der Waals surface area (Å²) < 4.78 is 0. The van der Waals surface area contributed by atoms with Crippen LogP contribution in [-0.2, 0) is 22.4 Å². The zero-order chi connectivity index (χ0) is 34.1. The number of aliphatic carboxylic acids is 2. The van der Waals surface area contributed by atoms with E-state index < -0.39 is 57.3 Å². The molecule has 0 bridgehead atoms. The number of phenolic OH excluding ortho intramolecular Hbond substituents is 6. The van der Waals surface area contributed by atoms with Crippen molar-refractivity contribution >= 4 is 87.3 Å². The Bertz CT molecular complexity index is 2640. The van der Waals surface area contributed by atoms with Gasteiger partial charge in [-0.2, -0.15) is 0 Å². The summed E-state index contributed by atoms with van der Waals surface area (Å²) in [5.74, 6) is -5.59. The molecule has 0 heterocycles. The van der Waals surface area contributed by atoms with Crippen molar-refractivity contribution in [3.05, 3.63) is 55.8 Å². The molecule has 8 aromatic rings. The van der Waals surface area contributed by atoms with E-state index in [-0.39, 0.29) is 103 Å². The van der Waals surface area contributed by atoms with Gasteiger partial charge in [-0.05, 0) is 59.7 Å². The lowest BCUT2D eigenvalue weighted by Gasteiger charge is -2.26. The van der Waals surface area contributed by atoms with Gasteiger partial charge in [0.2, 0.25) is 0 Å². The van der Waals surface area contributed by atoms with Gasteiger partial charge in [0.1, 0.15) is 34.5 Å². The van der Waals surface area contributed by atoms with Gasteiger partial charge < -0.3 is 40.9 Å². The van der Waals surface area contributed by atoms with Crippen LogP contribution in [0.25, 0.3) is 75.4 Å². The van der Waals surface area contributed by atoms with Crippen molar-refractivity contribution in [1.82, 2.24) is 0 Å². The van der Waals surface area contributed by atoms with Crippen LogP contribution in [0.1, 0.15) is 36.8 Å². The monoisotopic (exact) mass is 648 g/mol. The molecular weight excluding hydrogens is 624 g/mol. The minimum absolute atomic E-state index is 0.0389. The normalized spacial score (nSPS) is 12.4. The van der Waals surface area contributed by atoms with Crippen molar-refractivity contribution in [2.75, 3.05) is 0 Å². The fourth-order valence-electron chi connectivity index (χ4n) is 8.01. The van der Waals surface area contributed by atoms with Crippen LogP contribution in [0.2, 0.25) is 0 Å². The topological polar surface area (TPSA) is 230 Å². The molecular formula is C36H24O12. The second-order valence-electron chi connectivity index (χ2n) is 12.3. The number of aryl methyl sites for hydroxylation is 2. The van der Waals surface area contributed by atoms with E-state index in [2.05, 4.69) is 0 Å². The number of fused-ring (bicyclic) bond motifs is 2. The van der Waals surface area contributed by atoms with E-state index in [1.54, 1.807) is 0 Å². The van der Waals surface area contributed by atoms with E-state index in [9.17, 15) is 60.0 Å². The molecule has 12 nitrogen and oxygen atoms in total. The molecule has 8 aromatic carbocycles. The quantitative estimate of drug-likeness (QED) is 0.0777. The van der Waals surface area contributed by atoms with Crippen LogP contribution in [0.5, 0.6) is 34.5 Å². The number of hydrogen-bond donors (Lipinski definition) is 8. The highest BCUT2D eigenvalue weighted by Gasteiger charge is 2.33. The predicted octanol–water partition coefficient (Wildman–Crippen LogP) is 5.28. The summed E-state index contributed by atoms with van der Waals surface area (Å²) in [7, 11) is 0. The summed E-state index contributed by atoms with van der Waals surface area (Å²) in [5, 5.41) is 87.5. The molecule has 0 amide bonds. The molecule has 0 radical (unpaired) electrons. The van der Waals surface area contributed by atoms with Crippen molar-refractivity contribution in [3.63, 3.8) is 0 Å². The summed E-state index contributed by atoms with van der Waals surface area (Å²) >= 11 is 0. The highest BCUT2D eigenvalue weighted by Crippen LogP contribution is 2.60. The third-order valence-electron chi connectivity index (χ3n) is 9.69. The molecule has 0 aliphatic rings. The lowest BCUT2D eigenvalue weighted by Crippen LogP contribution is -2.11. The average molecular weight is 649 g/mol. The Morgan fingerprint density at radius 2 is 0.729 bits per heavy atom. The molecule has 240 valence electrons. The maximum Gasteiger partial charge on any atom is 0.303 e. The Kier molecular flexibility index (Phi) is 5.83. The Morgan fingerprint density at radius 1 is 0.417 bits per heavy atom. The fraction of sp³-hybridized carbons (Fsp3) is 0.167. The van der Waals surface area contributed by atoms with Crippen molar-refractivity contribution in [1.29, 1.82) is 0 Å². The van der Waals surface area contributed by atoms with Gasteiger partial charge >= 0.3 is 11.9 Å². The standard InChI is InChI=1S/C36H24O12/c37-13-7-11(3-1-5-19(43)44)21-22-12(4-2-6-20(45)46)8-14(38)26-30(22)34-32-24(16(40)10-18(42)28(32)36(26)48)23-15(39)9-17(41)27-31(23)33(34)29(21)25(13)35(27)47/h7-10,39-42,47-48H,1-6H2,(H,43,44)(H,45,46). The van der Waals surface area contributed by atoms with Gasteiger partial charge in [0, 0.05) is 68.1 Å². The number of benzene rings is 8. The van der Waals surface area contributed by atoms with Gasteiger partial charge in [-0.25, -0.2) is 0 Å². The highest BCUT2D eigenvalue weighted by molar-refractivity contribution is 6.52. The number of aromatic hydroxyl groups is 6. The van der Waals surface area contributed by atoms with Gasteiger partial charge in [0.05, 0.1) is 21.5 Å². The largest absolute Gasteiger partial charge is 0.507 e. The molecule has 8 N–H and O–H groups in total. The van der Waals surface area contributed by atoms with Crippen LogP contribution in [0, 0.1) is 0 Å². The molecule has 0 saturated heterocycles. The molecule has 0 atom stereocenters. The number of carboxylic acids is 2. The zero-order valence-corrected chi connectivity index (χ0v) is 24.8. The number of carboxylic acid groups (broad SMARTS) is 2. The van der Waals surface area contributed by atoms with E-state index in [1.807, 2.05) is 0 Å². The third-order valence-corrected chi connectivity index (χ3v) is 9.69. The van der Waals surface area contributed by atoms with Crippen LogP contribution in [0.4, 0.5) is 0 Å². The first kappa shape index (κ1) is 29.1. The lowest BCUT2D eigenvalue weighted by molar-refractivity contribution is -0.138. The van der Waals surface area contributed by atoms with Crippen molar-refractivity contribution in [3.8, 4) is 34.5 Å². The van der Waals surface area contributed by atoms with E-state index >= 15 is 0 Å². The molecule has 0 spiro atoms. The number of rotatable bonds is 8.